The molecule has 0 rings (SSSR count). The van der Waals surface area contributed by atoms with Gasteiger partial charge in [-0.25, -0.2) is 4.99 Å². The van der Waals surface area contributed by atoms with Crippen LogP contribution in [0.1, 0.15) is 13.8 Å². The van der Waals surface area contributed by atoms with Crippen LogP contribution >= 0.6 is 0 Å². The molecule has 2 amide bonds. The highest BCUT2D eigenvalue weighted by Gasteiger charge is 1.94. The predicted molar refractivity (Wildman–Crippen MR) is 67.2 cm³/mol. The highest BCUT2D eigenvalue weighted by Crippen LogP contribution is 1.80. The number of hydrogen-bond acceptors (Lipinski definition) is 4. The van der Waals surface area contributed by atoms with Crippen LogP contribution in [0.3, 0.4) is 0 Å². The maximum absolute atomic E-state index is 11.0. The van der Waals surface area contributed by atoms with Gasteiger partial charge < -0.3 is 10.6 Å². The number of carbonyl (C=O) groups excluding carboxylic acids is 2. The monoisotopic (exact) mass is 241 g/mol. The van der Waals surface area contributed by atoms with Gasteiger partial charge in [0, 0.05) is 19.6 Å². The lowest BCUT2D eigenvalue weighted by atomic mass is 10.5. The number of aliphatic imine (C=N–C) groups is 2. The van der Waals surface area contributed by atoms with Gasteiger partial charge in [-0.15, -0.1) is 0 Å². The van der Waals surface area contributed by atoms with E-state index in [1.165, 1.54) is 12.6 Å². The molecule has 0 aromatic rings. The van der Waals surface area contributed by atoms with E-state index in [0.29, 0.717) is 26.0 Å². The Morgan fingerprint density at radius 3 is 2.82 bits per heavy atom. The summed E-state index contributed by atoms with van der Waals surface area (Å²) in [4.78, 5) is 28.7. The molecule has 7 heteroatoms. The molecule has 0 radical (unpaired) electrons. The molecular weight excluding hydrogens is 222 g/mol. The van der Waals surface area contributed by atoms with Crippen LogP contribution in [0.2, 0.25) is 0 Å². The molecule has 3 N–H and O–H groups in total. The molecule has 0 aliphatic heterocycles. The highest BCUT2D eigenvalue weighted by molar-refractivity contribution is 6.27. The first-order valence-electron chi connectivity index (χ1n) is 5.43. The Labute approximate surface area is 101 Å². The van der Waals surface area contributed by atoms with Crippen molar-refractivity contribution in [1.29, 1.82) is 0 Å². The lowest BCUT2D eigenvalue weighted by Crippen LogP contribution is -2.31. The number of rotatable bonds is 9. The Morgan fingerprint density at radius 2 is 2.18 bits per heavy atom. The van der Waals surface area contributed by atoms with Gasteiger partial charge in [0.15, 0.2) is 0 Å². The molecule has 0 aliphatic rings. The van der Waals surface area contributed by atoms with Gasteiger partial charge in [-0.3, -0.25) is 19.9 Å². The summed E-state index contributed by atoms with van der Waals surface area (Å²) >= 11 is 0. The molecule has 0 aromatic carbocycles. The van der Waals surface area contributed by atoms with Crippen LogP contribution in [-0.2, 0) is 9.59 Å². The summed E-state index contributed by atoms with van der Waals surface area (Å²) in [5.74, 6) is -0.241. The van der Waals surface area contributed by atoms with Crippen LogP contribution < -0.4 is 16.0 Å². The average Bonchev–Trinajstić information content (AvgIpc) is 2.31. The minimum absolute atomic E-state index is 0.116. The summed E-state index contributed by atoms with van der Waals surface area (Å²) in [6.45, 7) is 5.42. The zero-order valence-electron chi connectivity index (χ0n) is 10.1. The molecule has 0 saturated heterocycles. The maximum Gasteiger partial charge on any atom is 0.262 e. The van der Waals surface area contributed by atoms with E-state index in [4.69, 9.17) is 0 Å². The average molecular weight is 241 g/mol. The molecular formula is C10H19N5O2. The zero-order chi connectivity index (χ0) is 12.9. The van der Waals surface area contributed by atoms with Gasteiger partial charge in [0.1, 0.15) is 6.34 Å². The van der Waals surface area contributed by atoms with Crippen LogP contribution in [0.5, 0.6) is 0 Å². The minimum Gasteiger partial charge on any atom is -0.357 e. The molecule has 0 bridgehead atoms. The van der Waals surface area contributed by atoms with Gasteiger partial charge >= 0.3 is 0 Å². The first kappa shape index (κ1) is 15.2. The molecule has 0 aromatic heterocycles. The quantitative estimate of drug-likeness (QED) is 0.207. The molecule has 17 heavy (non-hydrogen) atoms. The Kier molecular flexibility index (Phi) is 9.64. The summed E-state index contributed by atoms with van der Waals surface area (Å²) < 4.78 is 0. The van der Waals surface area contributed by atoms with Gasteiger partial charge in [0.2, 0.25) is 6.41 Å². The maximum atomic E-state index is 11.0. The Hall–Kier alpha value is -1.76. The molecule has 7 nitrogen and oxygen atoms in total. The second kappa shape index (κ2) is 10.7. The van der Waals surface area contributed by atoms with E-state index in [2.05, 4.69) is 25.9 Å². The lowest BCUT2D eigenvalue weighted by Gasteiger charge is -2.07. The molecule has 0 aliphatic carbocycles. The third kappa shape index (κ3) is 10.5. The number of nitrogens with zero attached hydrogens (tertiary/aromatic N) is 2. The van der Waals surface area contributed by atoms with E-state index in [0.717, 1.165) is 0 Å². The Balaban J connectivity index is 3.68. The van der Waals surface area contributed by atoms with E-state index in [9.17, 15) is 9.59 Å². The van der Waals surface area contributed by atoms with Crippen molar-refractivity contribution < 1.29 is 9.59 Å². The third-order valence-electron chi connectivity index (χ3n) is 1.69. The number of carbonyl (C=O) groups is 2. The Morgan fingerprint density at radius 1 is 1.41 bits per heavy atom. The summed E-state index contributed by atoms with van der Waals surface area (Å²) in [6.07, 6.45) is 3.02. The van der Waals surface area contributed by atoms with Crippen LogP contribution in [-0.4, -0.2) is 50.7 Å². The van der Waals surface area contributed by atoms with Crippen molar-refractivity contribution in [2.75, 3.05) is 19.6 Å². The van der Waals surface area contributed by atoms with E-state index >= 15 is 0 Å². The lowest BCUT2D eigenvalue weighted by molar-refractivity contribution is -0.114. The summed E-state index contributed by atoms with van der Waals surface area (Å²) in [6, 6.07) is 0. The van der Waals surface area contributed by atoms with Crippen molar-refractivity contribution in [3.8, 4) is 0 Å². The van der Waals surface area contributed by atoms with E-state index in [1.54, 1.807) is 0 Å². The topological polar surface area (TPSA) is 94.9 Å². The van der Waals surface area contributed by atoms with Crippen LogP contribution in [0.25, 0.3) is 0 Å². The smallest absolute Gasteiger partial charge is 0.262 e. The van der Waals surface area contributed by atoms with Crippen LogP contribution in [0.15, 0.2) is 9.98 Å². The first-order valence-corrected chi connectivity index (χ1v) is 5.43. The normalized spacial score (nSPS) is 12.8. The molecule has 0 fully saturated rings. The van der Waals surface area contributed by atoms with Crippen molar-refractivity contribution in [3.63, 3.8) is 0 Å². The highest BCUT2D eigenvalue weighted by atomic mass is 16.1. The zero-order valence-corrected chi connectivity index (χ0v) is 10.1. The van der Waals surface area contributed by atoms with Crippen molar-refractivity contribution in [2.45, 2.75) is 20.0 Å². The van der Waals surface area contributed by atoms with Crippen molar-refractivity contribution in [1.82, 2.24) is 16.0 Å². The molecule has 1 atom stereocenters. The van der Waals surface area contributed by atoms with Gasteiger partial charge in [0.25, 0.3) is 5.91 Å². The summed E-state index contributed by atoms with van der Waals surface area (Å²) in [7, 11) is 0. The van der Waals surface area contributed by atoms with Gasteiger partial charge in [-0.05, 0) is 13.8 Å². The molecule has 0 saturated carbocycles. The SMILES string of the molecule is CCNC(=O)/C=N/C=N\C(C)NCCNC=O. The molecule has 0 spiro atoms. The first-order chi connectivity index (χ1) is 8.20. The predicted octanol–water partition coefficient (Wildman–Crippen LogP) is -1.10. The second-order valence-electron chi connectivity index (χ2n) is 3.14. The number of amides is 2. The van der Waals surface area contributed by atoms with Gasteiger partial charge in [-0.2, -0.15) is 0 Å². The molecule has 96 valence electrons. The van der Waals surface area contributed by atoms with Crippen LogP contribution in [0, 0.1) is 0 Å². The second-order valence-corrected chi connectivity index (χ2v) is 3.14. The Bertz CT molecular complexity index is 278. The fourth-order valence-corrected chi connectivity index (χ4v) is 0.924. The van der Waals surface area contributed by atoms with Crippen LogP contribution in [0.4, 0.5) is 0 Å². The van der Waals surface area contributed by atoms with Crippen molar-refractivity contribution >= 4 is 24.9 Å². The fourth-order valence-electron chi connectivity index (χ4n) is 0.924. The van der Waals surface area contributed by atoms with Crippen molar-refractivity contribution in [2.24, 2.45) is 9.98 Å². The third-order valence-corrected chi connectivity index (χ3v) is 1.69. The largest absolute Gasteiger partial charge is 0.357 e. The van der Waals surface area contributed by atoms with Crippen molar-refractivity contribution in [3.05, 3.63) is 0 Å². The summed E-state index contributed by atoms with van der Waals surface area (Å²) in [5.41, 5.74) is 0. The fraction of sp³-hybridized carbons (Fsp3) is 0.600. The minimum atomic E-state index is -0.241. The molecule has 0 heterocycles. The van der Waals surface area contributed by atoms with Gasteiger partial charge in [-0.1, -0.05) is 0 Å². The standard InChI is InChI=1S/C10H19N5O2/c1-3-13-10(17)6-12-7-15-9(2)14-5-4-11-8-16/h6-9,14H,3-5H2,1-2H3,(H,11,16)(H,13,17)/b12-6+,15-7-. The van der Waals surface area contributed by atoms with E-state index in [-0.39, 0.29) is 12.1 Å². The van der Waals surface area contributed by atoms with Gasteiger partial charge in [0.05, 0.1) is 12.4 Å². The number of nitrogens with one attached hydrogen (secondary N) is 3. The number of hydrogen-bond donors (Lipinski definition) is 3. The summed E-state index contributed by atoms with van der Waals surface area (Å²) in [5, 5.41) is 8.13. The molecule has 1 unspecified atom stereocenters. The van der Waals surface area contributed by atoms with E-state index < -0.39 is 0 Å². The van der Waals surface area contributed by atoms with E-state index in [1.807, 2.05) is 13.8 Å².